The van der Waals surface area contributed by atoms with Gasteiger partial charge in [0.25, 0.3) is 0 Å². The smallest absolute Gasteiger partial charge is 0.238 e. The van der Waals surface area contributed by atoms with Gasteiger partial charge >= 0.3 is 0 Å². The molecule has 4 atom stereocenters. The summed E-state index contributed by atoms with van der Waals surface area (Å²) in [7, 11) is 0. The largest absolute Gasteiger partial charge is 0.390 e. The summed E-state index contributed by atoms with van der Waals surface area (Å²) in [6.07, 6.45) is 6.96. The lowest BCUT2D eigenvalue weighted by molar-refractivity contribution is -0.147. The van der Waals surface area contributed by atoms with Crippen molar-refractivity contribution in [3.8, 4) is 12.1 Å². The highest BCUT2D eigenvalue weighted by Gasteiger charge is 2.57. The van der Waals surface area contributed by atoms with E-state index in [1.54, 1.807) is 0 Å². The Morgan fingerprint density at radius 3 is 2.21 bits per heavy atom. The molecule has 0 aromatic heterocycles. The monoisotopic (exact) mass is 328 g/mol. The molecule has 128 valence electrons. The molecule has 4 aliphatic carbocycles. The minimum Gasteiger partial charge on any atom is -0.390 e. The van der Waals surface area contributed by atoms with Gasteiger partial charge in [0.2, 0.25) is 5.91 Å². The number of hydrogen-bond donors (Lipinski definition) is 2. The van der Waals surface area contributed by atoms with Crippen molar-refractivity contribution in [3.05, 3.63) is 0 Å². The Kier molecular flexibility index (Phi) is 3.60. The van der Waals surface area contributed by atoms with Crippen LogP contribution in [0.15, 0.2) is 0 Å². The first kappa shape index (κ1) is 15.9. The van der Waals surface area contributed by atoms with Crippen molar-refractivity contribution in [3.63, 3.8) is 0 Å². The molecule has 1 heterocycles. The number of rotatable bonds is 3. The molecule has 24 heavy (non-hydrogen) atoms. The number of nitrogens with one attached hydrogen (secondary N) is 1. The van der Waals surface area contributed by atoms with E-state index in [-0.39, 0.29) is 18.0 Å². The molecule has 5 rings (SSSR count). The lowest BCUT2D eigenvalue weighted by atomic mass is 9.51. The molecule has 2 unspecified atom stereocenters. The highest BCUT2D eigenvalue weighted by Crippen LogP contribution is 2.57. The number of carbonyl (C=O) groups is 1. The quantitative estimate of drug-likeness (QED) is 0.807. The van der Waals surface area contributed by atoms with Crippen molar-refractivity contribution < 1.29 is 9.90 Å². The number of hydrogen-bond acceptors (Lipinski definition) is 5. The summed E-state index contributed by atoms with van der Waals surface area (Å²) in [6, 6.07) is 3.33. The molecule has 0 aromatic carbocycles. The van der Waals surface area contributed by atoms with Crippen molar-refractivity contribution in [1.29, 1.82) is 10.5 Å². The van der Waals surface area contributed by atoms with Gasteiger partial charge in [-0.15, -0.1) is 0 Å². The zero-order valence-electron chi connectivity index (χ0n) is 13.9. The van der Waals surface area contributed by atoms with Crippen molar-refractivity contribution in [2.75, 3.05) is 6.54 Å². The van der Waals surface area contributed by atoms with Crippen LogP contribution in [0.25, 0.3) is 0 Å². The van der Waals surface area contributed by atoms with Crippen LogP contribution in [0.5, 0.6) is 0 Å². The van der Waals surface area contributed by atoms with E-state index in [1.165, 1.54) is 11.3 Å². The van der Waals surface area contributed by atoms with Gasteiger partial charge < -0.3 is 15.3 Å². The van der Waals surface area contributed by atoms with Gasteiger partial charge in [0, 0.05) is 5.54 Å². The summed E-state index contributed by atoms with van der Waals surface area (Å²) >= 11 is 0. The molecule has 1 amide bonds. The first-order chi connectivity index (χ1) is 11.5. The number of carbonyl (C=O) groups excluding carboxylic acids is 1. The second-order valence-electron chi connectivity index (χ2n) is 8.49. The highest BCUT2D eigenvalue weighted by atomic mass is 16.3. The molecule has 4 saturated carbocycles. The first-order valence-electron chi connectivity index (χ1n) is 9.04. The zero-order valence-corrected chi connectivity index (χ0v) is 13.9. The Morgan fingerprint density at radius 1 is 1.12 bits per heavy atom. The Labute approximate surface area is 142 Å². The lowest BCUT2D eigenvalue weighted by Gasteiger charge is -2.60. The van der Waals surface area contributed by atoms with Gasteiger partial charge in [0.05, 0.1) is 24.3 Å². The second kappa shape index (κ2) is 5.44. The lowest BCUT2D eigenvalue weighted by Crippen LogP contribution is -2.65. The molecule has 5 aliphatic rings. The zero-order chi connectivity index (χ0) is 16.9. The van der Waals surface area contributed by atoms with E-state index in [4.69, 9.17) is 0 Å². The molecule has 1 saturated heterocycles. The van der Waals surface area contributed by atoms with Crippen molar-refractivity contribution in [1.82, 2.24) is 10.2 Å². The van der Waals surface area contributed by atoms with Crippen LogP contribution >= 0.6 is 0 Å². The van der Waals surface area contributed by atoms with E-state index in [9.17, 15) is 20.4 Å². The molecule has 0 aromatic rings. The van der Waals surface area contributed by atoms with Gasteiger partial charge in [-0.05, 0) is 63.2 Å². The van der Waals surface area contributed by atoms with E-state index in [0.29, 0.717) is 24.7 Å². The Balaban J connectivity index is 1.44. The summed E-state index contributed by atoms with van der Waals surface area (Å²) in [6.45, 7) is 0.159. The third-order valence-corrected chi connectivity index (χ3v) is 6.62. The number of likely N-dealkylation sites (tertiary alicyclic amines) is 1. The summed E-state index contributed by atoms with van der Waals surface area (Å²) < 4.78 is 0. The van der Waals surface area contributed by atoms with Crippen LogP contribution in [0.3, 0.4) is 0 Å². The fourth-order valence-electron chi connectivity index (χ4n) is 6.19. The maximum absolute atomic E-state index is 12.7. The van der Waals surface area contributed by atoms with Gasteiger partial charge in [0.15, 0.2) is 0 Å². The molecule has 2 N–H and O–H groups in total. The van der Waals surface area contributed by atoms with Gasteiger partial charge in [-0.3, -0.25) is 4.79 Å². The van der Waals surface area contributed by atoms with Crippen LogP contribution in [-0.2, 0) is 4.79 Å². The Morgan fingerprint density at radius 2 is 1.71 bits per heavy atom. The topological polar surface area (TPSA) is 100 Å². The summed E-state index contributed by atoms with van der Waals surface area (Å²) in [5, 5.41) is 32.7. The molecule has 4 bridgehead atoms. The van der Waals surface area contributed by atoms with Crippen LogP contribution in [0, 0.1) is 34.5 Å². The van der Waals surface area contributed by atoms with Crippen molar-refractivity contribution >= 4 is 5.91 Å². The minimum absolute atomic E-state index is 0.140. The predicted octanol–water partition coefficient (Wildman–Crippen LogP) is 1.07. The average Bonchev–Trinajstić information content (AvgIpc) is 2.93. The maximum Gasteiger partial charge on any atom is 0.238 e. The molecular weight excluding hydrogens is 304 g/mol. The molecule has 6 nitrogen and oxygen atoms in total. The number of aliphatic hydroxyl groups is 1. The first-order valence-corrected chi connectivity index (χ1v) is 9.04. The van der Waals surface area contributed by atoms with Crippen molar-refractivity contribution in [2.24, 2.45) is 11.8 Å². The predicted molar refractivity (Wildman–Crippen MR) is 85.2 cm³/mol. The summed E-state index contributed by atoms with van der Waals surface area (Å²) in [5.74, 6) is 0.960. The maximum atomic E-state index is 12.7. The van der Waals surface area contributed by atoms with E-state index < -0.39 is 17.7 Å². The van der Waals surface area contributed by atoms with Gasteiger partial charge in [0.1, 0.15) is 12.1 Å². The highest BCUT2D eigenvalue weighted by molar-refractivity contribution is 5.80. The van der Waals surface area contributed by atoms with Gasteiger partial charge in [-0.2, -0.15) is 10.5 Å². The van der Waals surface area contributed by atoms with E-state index in [0.717, 1.165) is 32.1 Å². The minimum atomic E-state index is -0.557. The summed E-state index contributed by atoms with van der Waals surface area (Å²) in [4.78, 5) is 14.1. The van der Waals surface area contributed by atoms with E-state index in [1.807, 2.05) is 0 Å². The normalized spacial score (nSPS) is 45.9. The van der Waals surface area contributed by atoms with Crippen molar-refractivity contribution in [2.45, 2.75) is 74.6 Å². The molecular formula is C18H24N4O2. The third kappa shape index (κ3) is 2.49. The number of nitriles is 2. The Hall–Kier alpha value is -1.63. The second-order valence-corrected chi connectivity index (χ2v) is 8.49. The standard InChI is InChI=1S/C18H24N4O2/c19-8-14-1-2-15(9-20)22(14)16(23)10-21-17-4-12-3-13(5-17)7-18(24,6-12)11-17/h12-15,21,24H,1-7,10-11H2/t12?,13?,14-,15+,17?,18?. The fourth-order valence-corrected chi connectivity index (χ4v) is 6.19. The van der Waals surface area contributed by atoms with E-state index in [2.05, 4.69) is 17.5 Å². The average molecular weight is 328 g/mol. The fraction of sp³-hybridized carbons (Fsp3) is 0.833. The molecule has 6 heteroatoms. The Bertz CT molecular complexity index is 598. The van der Waals surface area contributed by atoms with Crippen LogP contribution < -0.4 is 5.32 Å². The number of nitrogens with zero attached hydrogens (tertiary/aromatic N) is 3. The van der Waals surface area contributed by atoms with Crippen LogP contribution in [-0.4, -0.2) is 45.7 Å². The van der Waals surface area contributed by atoms with Crippen LogP contribution in [0.1, 0.15) is 51.4 Å². The summed E-state index contributed by atoms with van der Waals surface area (Å²) in [5.41, 5.74) is -0.698. The van der Waals surface area contributed by atoms with Gasteiger partial charge in [-0.25, -0.2) is 0 Å². The van der Waals surface area contributed by atoms with Crippen LogP contribution in [0.2, 0.25) is 0 Å². The molecule has 0 radical (unpaired) electrons. The SMILES string of the molecule is N#C[C@@H]1CC[C@H](C#N)N1C(=O)CNC12CC3CC(CC(O)(C3)C1)C2. The third-order valence-electron chi connectivity index (χ3n) is 6.62. The van der Waals surface area contributed by atoms with Crippen LogP contribution in [0.4, 0.5) is 0 Å². The van der Waals surface area contributed by atoms with Gasteiger partial charge in [-0.1, -0.05) is 0 Å². The number of amides is 1. The molecule has 0 spiro atoms. The molecule has 5 fully saturated rings. The molecule has 1 aliphatic heterocycles. The van der Waals surface area contributed by atoms with E-state index >= 15 is 0 Å².